The van der Waals surface area contributed by atoms with Crippen LogP contribution in [0.4, 0.5) is 11.4 Å². The number of aromatic amines is 1. The van der Waals surface area contributed by atoms with E-state index in [0.717, 1.165) is 11.4 Å². The Morgan fingerprint density at radius 1 is 1.50 bits per heavy atom. The van der Waals surface area contributed by atoms with E-state index in [1.807, 2.05) is 13.0 Å². The number of hydrogen-bond donors (Lipinski definition) is 2. The highest BCUT2D eigenvalue weighted by atomic mass is 16.6. The van der Waals surface area contributed by atoms with E-state index in [1.54, 1.807) is 18.5 Å². The number of hydrogen-bond acceptors (Lipinski definition) is 4. The number of H-pyrrole nitrogens is 1. The summed E-state index contributed by atoms with van der Waals surface area (Å²) in [4.78, 5) is 17.6. The van der Waals surface area contributed by atoms with Gasteiger partial charge in [-0.15, -0.1) is 0 Å². The van der Waals surface area contributed by atoms with Gasteiger partial charge in [0.25, 0.3) is 5.69 Å². The molecule has 0 radical (unpaired) electrons. The molecular formula is C12H14N4O2. The number of aromatic nitrogens is 2. The molecule has 0 atom stereocenters. The van der Waals surface area contributed by atoms with Gasteiger partial charge in [-0.25, -0.2) is 4.98 Å². The fourth-order valence-electron chi connectivity index (χ4n) is 1.77. The molecule has 0 saturated heterocycles. The molecule has 0 amide bonds. The lowest BCUT2D eigenvalue weighted by atomic mass is 10.1. The van der Waals surface area contributed by atoms with Crippen LogP contribution in [-0.2, 0) is 6.42 Å². The molecule has 2 N–H and O–H groups in total. The van der Waals surface area contributed by atoms with Crippen molar-refractivity contribution in [1.29, 1.82) is 0 Å². The maximum atomic E-state index is 10.9. The summed E-state index contributed by atoms with van der Waals surface area (Å²) in [5.41, 5.74) is 1.55. The lowest BCUT2D eigenvalue weighted by Crippen LogP contribution is -2.09. The van der Waals surface area contributed by atoms with Crippen molar-refractivity contribution in [3.05, 3.63) is 52.1 Å². The number of nitro benzene ring substituents is 1. The quantitative estimate of drug-likeness (QED) is 0.626. The van der Waals surface area contributed by atoms with Crippen LogP contribution in [0, 0.1) is 17.0 Å². The molecule has 0 aliphatic carbocycles. The maximum Gasteiger partial charge on any atom is 0.292 e. The number of nitrogens with zero attached hydrogens (tertiary/aromatic N) is 2. The number of benzene rings is 1. The van der Waals surface area contributed by atoms with Gasteiger partial charge in [-0.05, 0) is 12.5 Å². The van der Waals surface area contributed by atoms with Gasteiger partial charge in [0.15, 0.2) is 0 Å². The zero-order valence-electron chi connectivity index (χ0n) is 10.0. The Hall–Kier alpha value is -2.37. The first-order valence-electron chi connectivity index (χ1n) is 5.64. The summed E-state index contributed by atoms with van der Waals surface area (Å²) in [7, 11) is 0. The van der Waals surface area contributed by atoms with Crippen molar-refractivity contribution in [2.75, 3.05) is 11.9 Å². The van der Waals surface area contributed by atoms with E-state index in [1.165, 1.54) is 6.07 Å². The average molecular weight is 246 g/mol. The summed E-state index contributed by atoms with van der Waals surface area (Å²) in [6.07, 6.45) is 4.13. The summed E-state index contributed by atoms with van der Waals surface area (Å²) in [6, 6.07) is 5.04. The first-order valence-corrected chi connectivity index (χ1v) is 5.64. The van der Waals surface area contributed by atoms with Gasteiger partial charge in [0.1, 0.15) is 11.5 Å². The molecule has 1 aromatic heterocycles. The number of nitro groups is 1. The van der Waals surface area contributed by atoms with Crippen LogP contribution in [0.1, 0.15) is 11.4 Å². The molecular weight excluding hydrogens is 232 g/mol. The van der Waals surface area contributed by atoms with Gasteiger partial charge in [-0.3, -0.25) is 10.1 Å². The van der Waals surface area contributed by atoms with Crippen LogP contribution >= 0.6 is 0 Å². The molecule has 0 bridgehead atoms. The third-order valence-electron chi connectivity index (χ3n) is 2.67. The Morgan fingerprint density at radius 2 is 2.33 bits per heavy atom. The summed E-state index contributed by atoms with van der Waals surface area (Å²) >= 11 is 0. The summed E-state index contributed by atoms with van der Waals surface area (Å²) < 4.78 is 0. The van der Waals surface area contributed by atoms with E-state index in [4.69, 9.17) is 0 Å². The van der Waals surface area contributed by atoms with E-state index in [2.05, 4.69) is 15.3 Å². The SMILES string of the molecule is Cc1cccc([N+](=O)[O-])c1NCCc1ncc[nH]1. The second-order valence-electron chi connectivity index (χ2n) is 3.94. The van der Waals surface area contributed by atoms with Crippen LogP contribution in [0.25, 0.3) is 0 Å². The van der Waals surface area contributed by atoms with E-state index < -0.39 is 0 Å². The third-order valence-corrected chi connectivity index (χ3v) is 2.67. The number of aryl methyl sites for hydroxylation is 1. The predicted octanol–water partition coefficient (Wildman–Crippen LogP) is 2.28. The van der Waals surface area contributed by atoms with E-state index in [-0.39, 0.29) is 10.6 Å². The van der Waals surface area contributed by atoms with Crippen molar-refractivity contribution in [1.82, 2.24) is 9.97 Å². The highest BCUT2D eigenvalue weighted by Crippen LogP contribution is 2.27. The molecule has 0 aliphatic heterocycles. The smallest absolute Gasteiger partial charge is 0.292 e. The normalized spacial score (nSPS) is 10.3. The van der Waals surface area contributed by atoms with Crippen LogP contribution in [-0.4, -0.2) is 21.4 Å². The molecule has 6 heteroatoms. The molecule has 0 unspecified atom stereocenters. The topological polar surface area (TPSA) is 83.8 Å². The van der Waals surface area contributed by atoms with Crippen LogP contribution in [0.15, 0.2) is 30.6 Å². The van der Waals surface area contributed by atoms with Crippen molar-refractivity contribution in [3.8, 4) is 0 Å². The van der Waals surface area contributed by atoms with Crippen LogP contribution < -0.4 is 5.32 Å². The molecule has 1 aromatic carbocycles. The minimum Gasteiger partial charge on any atom is -0.379 e. The van der Waals surface area contributed by atoms with Crippen molar-refractivity contribution in [3.63, 3.8) is 0 Å². The third kappa shape index (κ3) is 2.65. The van der Waals surface area contributed by atoms with Gasteiger partial charge in [0, 0.05) is 31.4 Å². The maximum absolute atomic E-state index is 10.9. The van der Waals surface area contributed by atoms with Crippen LogP contribution in [0.5, 0.6) is 0 Å². The molecule has 6 nitrogen and oxygen atoms in total. The van der Waals surface area contributed by atoms with Crippen molar-refractivity contribution >= 4 is 11.4 Å². The fraction of sp³-hybridized carbons (Fsp3) is 0.250. The van der Waals surface area contributed by atoms with Gasteiger partial charge in [-0.1, -0.05) is 12.1 Å². The van der Waals surface area contributed by atoms with E-state index in [9.17, 15) is 10.1 Å². The van der Waals surface area contributed by atoms with E-state index in [0.29, 0.717) is 18.7 Å². The molecule has 18 heavy (non-hydrogen) atoms. The molecule has 0 spiro atoms. The molecule has 94 valence electrons. The minimum absolute atomic E-state index is 0.106. The molecule has 0 saturated carbocycles. The zero-order chi connectivity index (χ0) is 13.0. The highest BCUT2D eigenvalue weighted by molar-refractivity contribution is 5.65. The standard InChI is InChI=1S/C12H14N4O2/c1-9-3-2-4-10(16(17)18)12(9)15-6-5-11-13-7-8-14-11/h2-4,7-8,15H,5-6H2,1H3,(H,13,14). The van der Waals surface area contributed by atoms with Crippen LogP contribution in [0.3, 0.4) is 0 Å². The Balaban J connectivity index is 2.06. The lowest BCUT2D eigenvalue weighted by molar-refractivity contribution is -0.384. The van der Waals surface area contributed by atoms with Gasteiger partial charge in [-0.2, -0.15) is 0 Å². The number of para-hydroxylation sites is 1. The molecule has 0 fully saturated rings. The Labute approximate surface area is 104 Å². The van der Waals surface area contributed by atoms with E-state index >= 15 is 0 Å². The number of nitrogens with one attached hydrogen (secondary N) is 2. The monoisotopic (exact) mass is 246 g/mol. The largest absolute Gasteiger partial charge is 0.379 e. The van der Waals surface area contributed by atoms with Gasteiger partial charge < -0.3 is 10.3 Å². The number of rotatable bonds is 5. The van der Waals surface area contributed by atoms with Crippen LogP contribution in [0.2, 0.25) is 0 Å². The van der Waals surface area contributed by atoms with Gasteiger partial charge >= 0.3 is 0 Å². The summed E-state index contributed by atoms with van der Waals surface area (Å²) in [6.45, 7) is 2.45. The Kier molecular flexibility index (Phi) is 3.57. The van der Waals surface area contributed by atoms with Crippen molar-refractivity contribution in [2.45, 2.75) is 13.3 Å². The fourth-order valence-corrected chi connectivity index (χ4v) is 1.77. The molecule has 2 rings (SSSR count). The second-order valence-corrected chi connectivity index (χ2v) is 3.94. The van der Waals surface area contributed by atoms with Crippen molar-refractivity contribution < 1.29 is 4.92 Å². The molecule has 0 aliphatic rings. The summed E-state index contributed by atoms with van der Waals surface area (Å²) in [5.74, 6) is 0.860. The Bertz CT molecular complexity index is 537. The number of anilines is 1. The summed E-state index contributed by atoms with van der Waals surface area (Å²) in [5, 5.41) is 14.0. The predicted molar refractivity (Wildman–Crippen MR) is 68.6 cm³/mol. The van der Waals surface area contributed by atoms with Gasteiger partial charge in [0.05, 0.1) is 4.92 Å². The van der Waals surface area contributed by atoms with Crippen molar-refractivity contribution in [2.24, 2.45) is 0 Å². The number of imidazole rings is 1. The lowest BCUT2D eigenvalue weighted by Gasteiger charge is -2.09. The second kappa shape index (κ2) is 5.31. The first-order chi connectivity index (χ1) is 8.68. The average Bonchev–Trinajstić information content (AvgIpc) is 2.84. The Morgan fingerprint density at radius 3 is 3.00 bits per heavy atom. The minimum atomic E-state index is -0.373. The molecule has 1 heterocycles. The highest BCUT2D eigenvalue weighted by Gasteiger charge is 2.14. The molecule has 2 aromatic rings. The zero-order valence-corrected chi connectivity index (χ0v) is 10.0. The van der Waals surface area contributed by atoms with Gasteiger partial charge in [0.2, 0.25) is 0 Å². The first kappa shape index (κ1) is 12.1.